The summed E-state index contributed by atoms with van der Waals surface area (Å²) in [5.41, 5.74) is 2.35. The number of hydrogen-bond donors (Lipinski definition) is 1. The normalized spacial score (nSPS) is 18.1. The molecule has 1 aliphatic carbocycles. The SMILES string of the molecule is CNC1CCCc2nc(Cc3ccc(Cl)cc3Cl)sc21. The lowest BCUT2D eigenvalue weighted by molar-refractivity contribution is 0.501. The van der Waals surface area contributed by atoms with Crippen LogP contribution in [0.25, 0.3) is 0 Å². The highest BCUT2D eigenvalue weighted by atomic mass is 35.5. The van der Waals surface area contributed by atoms with E-state index in [1.807, 2.05) is 30.5 Å². The van der Waals surface area contributed by atoms with Crippen LogP contribution in [-0.4, -0.2) is 12.0 Å². The molecule has 106 valence electrons. The standard InChI is InChI=1S/C15H16Cl2N2S/c1-18-12-3-2-4-13-15(12)20-14(19-13)7-9-5-6-10(16)8-11(9)17/h5-6,8,12,18H,2-4,7H2,1H3. The van der Waals surface area contributed by atoms with Gasteiger partial charge < -0.3 is 5.32 Å². The van der Waals surface area contributed by atoms with E-state index in [4.69, 9.17) is 28.2 Å². The number of fused-ring (bicyclic) bond motifs is 1. The van der Waals surface area contributed by atoms with Crippen LogP contribution in [0.3, 0.4) is 0 Å². The van der Waals surface area contributed by atoms with Crippen LogP contribution in [0.15, 0.2) is 18.2 Å². The van der Waals surface area contributed by atoms with Crippen LogP contribution in [0, 0.1) is 0 Å². The van der Waals surface area contributed by atoms with Crippen molar-refractivity contribution in [3.63, 3.8) is 0 Å². The minimum Gasteiger partial charge on any atom is -0.312 e. The lowest BCUT2D eigenvalue weighted by atomic mass is 9.98. The predicted molar refractivity (Wildman–Crippen MR) is 86.1 cm³/mol. The van der Waals surface area contributed by atoms with Crippen LogP contribution in [0.5, 0.6) is 0 Å². The highest BCUT2D eigenvalue weighted by molar-refractivity contribution is 7.11. The Bertz CT molecular complexity index is 624. The highest BCUT2D eigenvalue weighted by Gasteiger charge is 2.23. The van der Waals surface area contributed by atoms with Crippen LogP contribution in [0.2, 0.25) is 10.0 Å². The largest absolute Gasteiger partial charge is 0.312 e. The second-order valence-corrected chi connectivity index (χ2v) is 7.02. The van der Waals surface area contributed by atoms with E-state index in [-0.39, 0.29) is 0 Å². The Morgan fingerprint density at radius 1 is 1.40 bits per heavy atom. The van der Waals surface area contributed by atoms with Gasteiger partial charge in [0.15, 0.2) is 0 Å². The van der Waals surface area contributed by atoms with Gasteiger partial charge >= 0.3 is 0 Å². The summed E-state index contributed by atoms with van der Waals surface area (Å²) in [6, 6.07) is 6.13. The minimum absolute atomic E-state index is 0.464. The Labute approximate surface area is 133 Å². The number of nitrogens with zero attached hydrogens (tertiary/aromatic N) is 1. The fourth-order valence-electron chi connectivity index (χ4n) is 2.65. The van der Waals surface area contributed by atoms with Crippen LogP contribution < -0.4 is 5.32 Å². The molecule has 1 aliphatic rings. The number of rotatable bonds is 3. The number of thiazole rings is 1. The quantitative estimate of drug-likeness (QED) is 0.888. The topological polar surface area (TPSA) is 24.9 Å². The summed E-state index contributed by atoms with van der Waals surface area (Å²) in [6.07, 6.45) is 4.29. The molecule has 0 radical (unpaired) electrons. The van der Waals surface area contributed by atoms with E-state index in [2.05, 4.69) is 5.32 Å². The molecule has 5 heteroatoms. The van der Waals surface area contributed by atoms with Crippen LogP contribution in [-0.2, 0) is 12.8 Å². The van der Waals surface area contributed by atoms with Gasteiger partial charge in [-0.05, 0) is 44.0 Å². The summed E-state index contributed by atoms with van der Waals surface area (Å²) in [7, 11) is 2.02. The fraction of sp³-hybridized carbons (Fsp3) is 0.400. The monoisotopic (exact) mass is 326 g/mol. The van der Waals surface area contributed by atoms with Gasteiger partial charge in [0.2, 0.25) is 0 Å². The molecule has 1 heterocycles. The minimum atomic E-state index is 0.464. The van der Waals surface area contributed by atoms with Crippen molar-refractivity contribution >= 4 is 34.5 Å². The Kier molecular flexibility index (Phi) is 4.32. The molecule has 0 saturated carbocycles. The van der Waals surface area contributed by atoms with E-state index in [1.165, 1.54) is 23.4 Å². The van der Waals surface area contributed by atoms with Crippen molar-refractivity contribution in [2.75, 3.05) is 7.05 Å². The van der Waals surface area contributed by atoms with Crippen LogP contribution in [0.4, 0.5) is 0 Å². The third kappa shape index (κ3) is 2.86. The molecule has 2 nitrogen and oxygen atoms in total. The molecule has 0 fully saturated rings. The Morgan fingerprint density at radius 2 is 2.25 bits per heavy atom. The molecule has 0 saturated heterocycles. The molecule has 1 atom stereocenters. The maximum atomic E-state index is 6.24. The second kappa shape index (κ2) is 6.02. The molecule has 1 unspecified atom stereocenters. The van der Waals surface area contributed by atoms with E-state index in [1.54, 1.807) is 6.07 Å². The molecule has 0 bridgehead atoms. The zero-order valence-electron chi connectivity index (χ0n) is 11.2. The van der Waals surface area contributed by atoms with Crippen molar-refractivity contribution in [3.8, 4) is 0 Å². The number of halogens is 2. The van der Waals surface area contributed by atoms with Gasteiger partial charge in [-0.15, -0.1) is 11.3 Å². The van der Waals surface area contributed by atoms with Gasteiger partial charge in [0.1, 0.15) is 0 Å². The first-order valence-corrected chi connectivity index (χ1v) is 8.34. The zero-order chi connectivity index (χ0) is 14.1. The van der Waals surface area contributed by atoms with Crippen LogP contribution in [0.1, 0.15) is 40.0 Å². The smallest absolute Gasteiger partial charge is 0.0976 e. The molecule has 0 amide bonds. The summed E-state index contributed by atoms with van der Waals surface area (Å²) in [6.45, 7) is 0. The number of hydrogen-bond acceptors (Lipinski definition) is 3. The average molecular weight is 327 g/mol. The first kappa shape index (κ1) is 14.3. The molecule has 20 heavy (non-hydrogen) atoms. The van der Waals surface area contributed by atoms with Crippen molar-refractivity contribution in [1.82, 2.24) is 10.3 Å². The molecule has 3 rings (SSSR count). The summed E-state index contributed by atoms with van der Waals surface area (Å²) in [5, 5.41) is 5.92. The van der Waals surface area contributed by atoms with Gasteiger partial charge in [-0.2, -0.15) is 0 Å². The Balaban J connectivity index is 1.87. The summed E-state index contributed by atoms with van der Waals surface area (Å²) < 4.78 is 0. The van der Waals surface area contributed by atoms with Crippen molar-refractivity contribution in [3.05, 3.63) is 49.4 Å². The van der Waals surface area contributed by atoms with Gasteiger partial charge in [-0.3, -0.25) is 0 Å². The van der Waals surface area contributed by atoms with Crippen molar-refractivity contribution in [1.29, 1.82) is 0 Å². The maximum Gasteiger partial charge on any atom is 0.0976 e. The fourth-order valence-corrected chi connectivity index (χ4v) is 4.41. The van der Waals surface area contributed by atoms with E-state index in [0.717, 1.165) is 28.4 Å². The lowest BCUT2D eigenvalue weighted by Crippen LogP contribution is -2.19. The first-order chi connectivity index (χ1) is 9.67. The number of benzene rings is 1. The lowest BCUT2D eigenvalue weighted by Gasteiger charge is -2.20. The summed E-state index contributed by atoms with van der Waals surface area (Å²) in [4.78, 5) is 6.20. The van der Waals surface area contributed by atoms with Gasteiger partial charge in [0.05, 0.1) is 10.7 Å². The van der Waals surface area contributed by atoms with Gasteiger partial charge in [-0.1, -0.05) is 29.3 Å². The third-order valence-electron chi connectivity index (χ3n) is 3.70. The molecular formula is C15H16Cl2N2S. The number of aromatic nitrogens is 1. The average Bonchev–Trinajstić information content (AvgIpc) is 2.84. The molecular weight excluding hydrogens is 311 g/mol. The Morgan fingerprint density at radius 3 is 3.00 bits per heavy atom. The first-order valence-electron chi connectivity index (χ1n) is 6.77. The maximum absolute atomic E-state index is 6.24. The highest BCUT2D eigenvalue weighted by Crippen LogP contribution is 2.35. The third-order valence-corrected chi connectivity index (χ3v) is 5.50. The number of nitrogens with one attached hydrogen (secondary N) is 1. The van der Waals surface area contributed by atoms with Crippen LogP contribution >= 0.6 is 34.5 Å². The Hall–Kier alpha value is -0.610. The molecule has 1 aromatic carbocycles. The van der Waals surface area contributed by atoms with Gasteiger partial charge in [0.25, 0.3) is 0 Å². The van der Waals surface area contributed by atoms with Crippen molar-refractivity contribution in [2.24, 2.45) is 0 Å². The van der Waals surface area contributed by atoms with E-state index >= 15 is 0 Å². The zero-order valence-corrected chi connectivity index (χ0v) is 13.6. The van der Waals surface area contributed by atoms with E-state index in [9.17, 15) is 0 Å². The molecule has 0 spiro atoms. The molecule has 1 N–H and O–H groups in total. The van der Waals surface area contributed by atoms with E-state index < -0.39 is 0 Å². The molecule has 2 aromatic rings. The second-order valence-electron chi connectivity index (χ2n) is 5.06. The number of aryl methyl sites for hydroxylation is 1. The predicted octanol–water partition coefficient (Wildman–Crippen LogP) is 4.64. The van der Waals surface area contributed by atoms with E-state index in [0.29, 0.717) is 11.1 Å². The summed E-state index contributed by atoms with van der Waals surface area (Å²) >= 11 is 14.0. The van der Waals surface area contributed by atoms with Crippen molar-refractivity contribution in [2.45, 2.75) is 31.7 Å². The summed E-state index contributed by atoms with van der Waals surface area (Å²) in [5.74, 6) is 0. The van der Waals surface area contributed by atoms with Crippen molar-refractivity contribution < 1.29 is 0 Å². The molecule has 0 aliphatic heterocycles. The van der Waals surface area contributed by atoms with Gasteiger partial charge in [-0.25, -0.2) is 4.98 Å². The molecule has 1 aromatic heterocycles. The van der Waals surface area contributed by atoms with Gasteiger partial charge in [0, 0.05) is 27.4 Å².